The first kappa shape index (κ1) is 48.1. The maximum Gasteiger partial charge on any atom is 0.254 e. The number of hydrogen-bond donors (Lipinski definition) is 2. The predicted octanol–water partition coefficient (Wildman–Crippen LogP) is 10.2. The average Bonchev–Trinajstić information content (AvgIpc) is 3.87. The van der Waals surface area contributed by atoms with E-state index in [0.717, 1.165) is 47.9 Å². The summed E-state index contributed by atoms with van der Waals surface area (Å²) in [5.74, 6) is -0.986. The van der Waals surface area contributed by atoms with Gasteiger partial charge in [-0.3, -0.25) is 4.79 Å². The number of nitriles is 1. The molecule has 6 unspecified atom stereocenters. The lowest BCUT2D eigenvalue weighted by atomic mass is 9.55. The fourth-order valence-corrected chi connectivity index (χ4v) is 10.7. The molecule has 5 aromatic carbocycles. The zero-order valence-electron chi connectivity index (χ0n) is 39.1. The van der Waals surface area contributed by atoms with Gasteiger partial charge in [0.25, 0.3) is 5.91 Å². The van der Waals surface area contributed by atoms with E-state index in [0.29, 0.717) is 58.2 Å². The van der Waals surface area contributed by atoms with E-state index in [9.17, 15) is 19.9 Å². The first-order valence-electron chi connectivity index (χ1n) is 24.1. The van der Waals surface area contributed by atoms with Crippen LogP contribution in [0, 0.1) is 34.9 Å². The maximum absolute atomic E-state index is 15.5. The molecule has 2 aliphatic heterocycles. The van der Waals surface area contributed by atoms with E-state index in [2.05, 4.69) is 18.7 Å². The molecule has 2 heterocycles. The van der Waals surface area contributed by atoms with Gasteiger partial charge in [0.15, 0.2) is 11.5 Å². The molecule has 1 fully saturated rings. The highest BCUT2D eigenvalue weighted by molar-refractivity contribution is 6.03. The molecule has 5 aromatic rings. The summed E-state index contributed by atoms with van der Waals surface area (Å²) >= 11 is 0. The third kappa shape index (κ3) is 10.2. The minimum absolute atomic E-state index is 0.00553. The number of oxime groups is 1. The molecule has 1 amide bonds. The van der Waals surface area contributed by atoms with Crippen molar-refractivity contribution < 1.29 is 47.9 Å². The highest BCUT2D eigenvalue weighted by atomic mass is 19.1. The van der Waals surface area contributed by atoms with Gasteiger partial charge in [-0.25, -0.2) is 4.39 Å². The first-order chi connectivity index (χ1) is 34.3. The fraction of sp³-hybridized carbons (Fsp3) is 0.351. The van der Waals surface area contributed by atoms with Crippen LogP contribution < -0.4 is 18.9 Å². The van der Waals surface area contributed by atoms with Crippen molar-refractivity contribution in [3.8, 4) is 29.1 Å². The summed E-state index contributed by atoms with van der Waals surface area (Å²) in [7, 11) is 0. The van der Waals surface area contributed by atoms with Gasteiger partial charge >= 0.3 is 0 Å². The van der Waals surface area contributed by atoms with E-state index in [1.165, 1.54) is 6.07 Å². The van der Waals surface area contributed by atoms with Gasteiger partial charge in [0.05, 0.1) is 29.9 Å². The normalized spacial score (nSPS) is 22.2. The Bertz CT molecular complexity index is 2740. The number of halogens is 1. The van der Waals surface area contributed by atoms with Crippen LogP contribution in [0.15, 0.2) is 145 Å². The molecule has 362 valence electrons. The van der Waals surface area contributed by atoms with E-state index in [-0.39, 0.29) is 82.3 Å². The second-order valence-corrected chi connectivity index (χ2v) is 18.2. The number of allylic oxidation sites excluding steroid dienone is 1. The van der Waals surface area contributed by atoms with Crippen LogP contribution in [-0.2, 0) is 29.3 Å². The maximum atomic E-state index is 15.5. The van der Waals surface area contributed by atoms with Crippen LogP contribution >= 0.6 is 0 Å². The van der Waals surface area contributed by atoms with Crippen molar-refractivity contribution in [3.63, 3.8) is 0 Å². The second-order valence-electron chi connectivity index (χ2n) is 18.2. The third-order valence-corrected chi connectivity index (χ3v) is 13.9. The number of fused-ring (bicyclic) bond motifs is 3. The second kappa shape index (κ2) is 22.2. The Labute approximate surface area is 408 Å². The topological polar surface area (TPSA) is 152 Å². The first-order valence-corrected chi connectivity index (χ1v) is 24.1. The summed E-state index contributed by atoms with van der Waals surface area (Å²) in [6, 6.07) is 35.5. The molecule has 0 spiro atoms. The van der Waals surface area contributed by atoms with Crippen molar-refractivity contribution in [1.82, 2.24) is 4.90 Å². The number of ether oxygens (including phenoxy) is 5. The molecule has 0 saturated heterocycles. The Morgan fingerprint density at radius 1 is 0.871 bits per heavy atom. The standard InChI is InChI=1S/C57H58FN3O9/c1-2-28-68-57-53(61(56(64)41-21-18-38(33-59)19-22-41)34-40-20-24-51-52(29-40)67-37-66-51)32-49(60-69-35-39-12-4-3-5-13-39)46-30-42(14-8-10-26-62)45(16-9-11-27-63)54(55(46)57)47-31-44(23-25-50(47)70-57)65-36-43-15-6-7-17-48(43)58/h2-7,12-13,15,17-25,29-31,42,45,53-55,62-63H,1,8-11,14,16,26-28,32,34-37H2. The lowest BCUT2D eigenvalue weighted by Crippen LogP contribution is -2.70. The van der Waals surface area contributed by atoms with Crippen molar-refractivity contribution in [1.29, 1.82) is 5.26 Å². The molecule has 70 heavy (non-hydrogen) atoms. The van der Waals surface area contributed by atoms with Crippen LogP contribution in [0.2, 0.25) is 0 Å². The summed E-state index contributed by atoms with van der Waals surface area (Å²) in [4.78, 5) is 23.6. The number of rotatable bonds is 21. The molecular weight excluding hydrogens is 890 g/mol. The van der Waals surface area contributed by atoms with E-state index in [1.807, 2.05) is 66.7 Å². The van der Waals surface area contributed by atoms with Crippen LogP contribution in [0.4, 0.5) is 4.39 Å². The molecular formula is C57H58FN3O9. The van der Waals surface area contributed by atoms with Crippen molar-refractivity contribution >= 4 is 11.6 Å². The zero-order valence-corrected chi connectivity index (χ0v) is 39.1. The number of carbonyl (C=O) groups is 1. The lowest BCUT2D eigenvalue weighted by Gasteiger charge is -2.60. The highest BCUT2D eigenvalue weighted by Gasteiger charge is 2.65. The van der Waals surface area contributed by atoms with Gasteiger partial charge in [-0.1, -0.05) is 84.7 Å². The van der Waals surface area contributed by atoms with Crippen LogP contribution in [0.5, 0.6) is 23.0 Å². The van der Waals surface area contributed by atoms with Gasteiger partial charge in [-0.2, -0.15) is 5.26 Å². The molecule has 0 aromatic heterocycles. The molecule has 0 radical (unpaired) electrons. The number of aliphatic hydroxyl groups excluding tert-OH is 2. The Morgan fingerprint density at radius 2 is 1.63 bits per heavy atom. The molecule has 6 atom stereocenters. The summed E-state index contributed by atoms with van der Waals surface area (Å²) in [5.41, 5.74) is 5.27. The van der Waals surface area contributed by atoms with E-state index in [1.54, 1.807) is 53.4 Å². The van der Waals surface area contributed by atoms with Crippen LogP contribution in [-0.4, -0.2) is 65.2 Å². The number of amides is 1. The summed E-state index contributed by atoms with van der Waals surface area (Å²) < 4.78 is 47.5. The summed E-state index contributed by atoms with van der Waals surface area (Å²) in [6.45, 7) is 4.63. The quantitative estimate of drug-likeness (QED) is 0.0413. The number of nitrogens with zero attached hydrogens (tertiary/aromatic N) is 3. The minimum atomic E-state index is -1.56. The summed E-state index contributed by atoms with van der Waals surface area (Å²) in [5, 5.41) is 34.8. The molecule has 0 bridgehead atoms. The smallest absolute Gasteiger partial charge is 0.254 e. The van der Waals surface area contributed by atoms with Crippen molar-refractivity contribution in [2.24, 2.45) is 22.9 Å². The van der Waals surface area contributed by atoms with Gasteiger partial charge in [0, 0.05) is 48.8 Å². The minimum Gasteiger partial charge on any atom is -0.489 e. The molecule has 1 saturated carbocycles. The third-order valence-electron chi connectivity index (χ3n) is 13.9. The number of benzene rings is 5. The van der Waals surface area contributed by atoms with Gasteiger partial charge in [-0.15, -0.1) is 6.58 Å². The Hall–Kier alpha value is -6.98. The predicted molar refractivity (Wildman–Crippen MR) is 261 cm³/mol. The molecule has 9 rings (SSSR count). The Balaban J connectivity index is 1.25. The molecule has 12 nitrogen and oxygen atoms in total. The zero-order chi connectivity index (χ0) is 48.5. The molecule has 4 aliphatic rings. The van der Waals surface area contributed by atoms with Gasteiger partial charge in [0.1, 0.15) is 36.6 Å². The highest BCUT2D eigenvalue weighted by Crippen LogP contribution is 2.62. The van der Waals surface area contributed by atoms with E-state index < -0.39 is 17.7 Å². The van der Waals surface area contributed by atoms with E-state index in [4.69, 9.17) is 33.7 Å². The van der Waals surface area contributed by atoms with Gasteiger partial charge in [-0.05, 0) is 115 Å². The SMILES string of the molecule is C=CCOC12Oc3ccc(OCc4ccccc4F)cc3C3C(CCCCO)C(CCCCO)C=C(C(=NOCc4ccccc4)CC1N(Cc1ccc4c(c1)OCO4)C(=O)c1ccc(C#N)cc1)C32. The van der Waals surface area contributed by atoms with Crippen molar-refractivity contribution in [2.45, 2.75) is 82.5 Å². The monoisotopic (exact) mass is 947 g/mol. The number of unbranched alkanes of at least 4 members (excludes halogenated alkanes) is 2. The summed E-state index contributed by atoms with van der Waals surface area (Å²) in [6.07, 6.45) is 8.39. The van der Waals surface area contributed by atoms with Crippen LogP contribution in [0.3, 0.4) is 0 Å². The largest absolute Gasteiger partial charge is 0.489 e. The average molecular weight is 948 g/mol. The van der Waals surface area contributed by atoms with Crippen LogP contribution in [0.25, 0.3) is 0 Å². The number of carbonyl (C=O) groups excluding carboxylic acids is 1. The molecule has 2 aliphatic carbocycles. The number of hydrogen-bond acceptors (Lipinski definition) is 11. The van der Waals surface area contributed by atoms with Crippen molar-refractivity contribution in [3.05, 3.63) is 179 Å². The number of aliphatic hydroxyl groups is 2. The van der Waals surface area contributed by atoms with E-state index >= 15 is 4.79 Å². The van der Waals surface area contributed by atoms with Gasteiger partial charge < -0.3 is 43.6 Å². The van der Waals surface area contributed by atoms with Crippen molar-refractivity contribution in [2.75, 3.05) is 26.6 Å². The Morgan fingerprint density at radius 3 is 2.40 bits per heavy atom. The lowest BCUT2D eigenvalue weighted by molar-refractivity contribution is -0.255. The molecule has 2 N–H and O–H groups in total. The van der Waals surface area contributed by atoms with Gasteiger partial charge in [0.2, 0.25) is 12.6 Å². The Kier molecular flexibility index (Phi) is 15.2. The fourth-order valence-electron chi connectivity index (χ4n) is 10.7. The molecule has 13 heteroatoms. The van der Waals surface area contributed by atoms with Crippen LogP contribution in [0.1, 0.15) is 89.0 Å².